The van der Waals surface area contributed by atoms with E-state index in [4.69, 9.17) is 0 Å². The van der Waals surface area contributed by atoms with Crippen molar-refractivity contribution < 1.29 is 0 Å². The van der Waals surface area contributed by atoms with Gasteiger partial charge in [-0.05, 0) is 25.0 Å². The number of aromatic amines is 1. The summed E-state index contributed by atoms with van der Waals surface area (Å²) >= 11 is 1.53. The van der Waals surface area contributed by atoms with Crippen LogP contribution in [0.15, 0.2) is 34.5 Å². The molecule has 110 valence electrons. The van der Waals surface area contributed by atoms with Crippen LogP contribution in [0.4, 0.5) is 0 Å². The first-order chi connectivity index (χ1) is 10.2. The molecule has 0 saturated carbocycles. The third-order valence-corrected chi connectivity index (χ3v) is 4.18. The van der Waals surface area contributed by atoms with Gasteiger partial charge in [-0.3, -0.25) is 4.57 Å². The van der Waals surface area contributed by atoms with Gasteiger partial charge in [-0.15, -0.1) is 5.10 Å². The summed E-state index contributed by atoms with van der Waals surface area (Å²) in [6.07, 6.45) is 4.98. The van der Waals surface area contributed by atoms with E-state index in [2.05, 4.69) is 28.3 Å². The molecule has 7 heteroatoms. The van der Waals surface area contributed by atoms with Crippen LogP contribution in [-0.2, 0) is 12.3 Å². The Bertz CT molecular complexity index is 816. The van der Waals surface area contributed by atoms with Gasteiger partial charge in [0.25, 0.3) is 0 Å². The van der Waals surface area contributed by atoms with Gasteiger partial charge < -0.3 is 4.40 Å². The summed E-state index contributed by atoms with van der Waals surface area (Å²) in [5, 5.41) is 7.29. The number of imidazole rings is 1. The average Bonchev–Trinajstić information content (AvgIpc) is 3.01. The maximum atomic E-state index is 11.6. The van der Waals surface area contributed by atoms with Gasteiger partial charge in [-0.2, -0.15) is 0 Å². The van der Waals surface area contributed by atoms with Crippen molar-refractivity contribution in [3.8, 4) is 0 Å². The van der Waals surface area contributed by atoms with Crippen molar-refractivity contribution in [2.75, 3.05) is 0 Å². The van der Waals surface area contributed by atoms with E-state index in [1.807, 2.05) is 29.7 Å². The molecule has 0 saturated heterocycles. The van der Waals surface area contributed by atoms with Crippen LogP contribution in [0.25, 0.3) is 5.65 Å². The molecule has 0 aliphatic rings. The number of nitrogens with zero attached hydrogens (tertiary/aromatic N) is 4. The molecule has 0 amide bonds. The smallest absolute Gasteiger partial charge is 0.307 e. The van der Waals surface area contributed by atoms with Crippen LogP contribution in [0.1, 0.15) is 24.6 Å². The van der Waals surface area contributed by atoms with Crippen LogP contribution in [0.3, 0.4) is 0 Å². The van der Waals surface area contributed by atoms with E-state index in [0.29, 0.717) is 12.3 Å². The Hall–Kier alpha value is -2.02. The quantitative estimate of drug-likeness (QED) is 0.734. The van der Waals surface area contributed by atoms with E-state index in [0.717, 1.165) is 22.9 Å². The normalized spacial score (nSPS) is 11.3. The average molecular weight is 303 g/mol. The van der Waals surface area contributed by atoms with Gasteiger partial charge in [0.1, 0.15) is 5.65 Å². The SMILES string of the molecule is CCCn1c(SCc2cn3cc(C)ccc3n2)n[nH]c1=O. The Morgan fingerprint density at radius 3 is 3.00 bits per heavy atom. The van der Waals surface area contributed by atoms with Gasteiger partial charge in [0, 0.05) is 24.7 Å². The molecular weight excluding hydrogens is 286 g/mol. The van der Waals surface area contributed by atoms with Crippen molar-refractivity contribution in [1.29, 1.82) is 0 Å². The zero-order valence-corrected chi connectivity index (χ0v) is 12.9. The topological polar surface area (TPSA) is 68.0 Å². The third-order valence-electron chi connectivity index (χ3n) is 3.17. The van der Waals surface area contributed by atoms with Crippen LogP contribution in [0, 0.1) is 6.92 Å². The molecule has 1 N–H and O–H groups in total. The van der Waals surface area contributed by atoms with Crippen molar-refractivity contribution in [3.05, 3.63) is 46.3 Å². The number of aromatic nitrogens is 5. The van der Waals surface area contributed by atoms with E-state index in [9.17, 15) is 4.79 Å². The number of hydrogen-bond donors (Lipinski definition) is 1. The Kier molecular flexibility index (Phi) is 3.83. The highest BCUT2D eigenvalue weighted by molar-refractivity contribution is 7.98. The molecule has 3 aromatic rings. The minimum atomic E-state index is -0.148. The summed E-state index contributed by atoms with van der Waals surface area (Å²) in [5.41, 5.74) is 2.96. The second kappa shape index (κ2) is 5.77. The van der Waals surface area contributed by atoms with Gasteiger partial charge in [0.15, 0.2) is 5.16 Å². The molecule has 6 nitrogen and oxygen atoms in total. The number of rotatable bonds is 5. The van der Waals surface area contributed by atoms with Gasteiger partial charge in [-0.25, -0.2) is 14.9 Å². The van der Waals surface area contributed by atoms with E-state index in [1.54, 1.807) is 4.57 Å². The van der Waals surface area contributed by atoms with Crippen LogP contribution < -0.4 is 5.69 Å². The fourth-order valence-corrected chi connectivity index (χ4v) is 3.05. The van der Waals surface area contributed by atoms with E-state index >= 15 is 0 Å². The highest BCUT2D eigenvalue weighted by atomic mass is 32.2. The maximum absolute atomic E-state index is 11.6. The summed E-state index contributed by atoms with van der Waals surface area (Å²) in [6.45, 7) is 4.78. The summed E-state index contributed by atoms with van der Waals surface area (Å²) in [7, 11) is 0. The number of H-pyrrole nitrogens is 1. The van der Waals surface area contributed by atoms with Crippen LogP contribution in [0.5, 0.6) is 0 Å². The first-order valence-corrected chi connectivity index (χ1v) is 7.88. The first-order valence-electron chi connectivity index (χ1n) is 6.89. The Balaban J connectivity index is 1.78. The summed E-state index contributed by atoms with van der Waals surface area (Å²) in [4.78, 5) is 16.2. The summed E-state index contributed by atoms with van der Waals surface area (Å²) < 4.78 is 3.69. The molecule has 0 spiro atoms. The van der Waals surface area contributed by atoms with E-state index in [1.165, 1.54) is 17.3 Å². The molecule has 3 aromatic heterocycles. The molecular formula is C14H17N5OS. The lowest BCUT2D eigenvalue weighted by molar-refractivity contribution is 0.604. The molecule has 0 atom stereocenters. The number of hydrogen-bond acceptors (Lipinski definition) is 4. The Labute approximate surface area is 126 Å². The molecule has 0 radical (unpaired) electrons. The van der Waals surface area contributed by atoms with Crippen molar-refractivity contribution in [1.82, 2.24) is 24.1 Å². The van der Waals surface area contributed by atoms with Crippen LogP contribution >= 0.6 is 11.8 Å². The molecule has 0 aliphatic carbocycles. The van der Waals surface area contributed by atoms with Gasteiger partial charge in [-0.1, -0.05) is 24.8 Å². The summed E-state index contributed by atoms with van der Waals surface area (Å²) in [6, 6.07) is 4.05. The van der Waals surface area contributed by atoms with Crippen LogP contribution in [-0.4, -0.2) is 24.1 Å². The second-order valence-electron chi connectivity index (χ2n) is 4.96. The molecule has 3 heterocycles. The molecule has 0 aromatic carbocycles. The van der Waals surface area contributed by atoms with Gasteiger partial charge in [0.2, 0.25) is 0 Å². The van der Waals surface area contributed by atoms with E-state index in [-0.39, 0.29) is 5.69 Å². The Morgan fingerprint density at radius 2 is 2.19 bits per heavy atom. The highest BCUT2D eigenvalue weighted by Crippen LogP contribution is 2.20. The predicted molar refractivity (Wildman–Crippen MR) is 82.6 cm³/mol. The van der Waals surface area contributed by atoms with Crippen LogP contribution in [0.2, 0.25) is 0 Å². The molecule has 3 rings (SSSR count). The predicted octanol–water partition coefficient (Wildman–Crippen LogP) is 2.23. The maximum Gasteiger partial charge on any atom is 0.343 e. The van der Waals surface area contributed by atoms with Crippen molar-refractivity contribution in [3.63, 3.8) is 0 Å². The number of fused-ring (bicyclic) bond motifs is 1. The zero-order valence-electron chi connectivity index (χ0n) is 12.0. The lowest BCUT2D eigenvalue weighted by Gasteiger charge is -2.01. The number of pyridine rings is 1. The lowest BCUT2D eigenvalue weighted by Crippen LogP contribution is -2.17. The molecule has 21 heavy (non-hydrogen) atoms. The zero-order chi connectivity index (χ0) is 14.8. The monoisotopic (exact) mass is 303 g/mol. The second-order valence-corrected chi connectivity index (χ2v) is 5.90. The minimum absolute atomic E-state index is 0.148. The lowest BCUT2D eigenvalue weighted by atomic mass is 10.3. The fourth-order valence-electron chi connectivity index (χ4n) is 2.20. The molecule has 0 bridgehead atoms. The van der Waals surface area contributed by atoms with Crippen molar-refractivity contribution in [2.45, 2.75) is 37.7 Å². The van der Waals surface area contributed by atoms with Gasteiger partial charge >= 0.3 is 5.69 Å². The summed E-state index contributed by atoms with van der Waals surface area (Å²) in [5.74, 6) is 0.689. The fraction of sp³-hybridized carbons (Fsp3) is 0.357. The number of thioether (sulfide) groups is 1. The third kappa shape index (κ3) is 2.87. The number of nitrogens with one attached hydrogen (secondary N) is 1. The van der Waals surface area contributed by atoms with Crippen molar-refractivity contribution >= 4 is 17.4 Å². The molecule has 0 aliphatic heterocycles. The van der Waals surface area contributed by atoms with E-state index < -0.39 is 0 Å². The van der Waals surface area contributed by atoms with Crippen molar-refractivity contribution in [2.24, 2.45) is 0 Å². The number of aryl methyl sites for hydroxylation is 1. The Morgan fingerprint density at radius 1 is 1.33 bits per heavy atom. The highest BCUT2D eigenvalue weighted by Gasteiger charge is 2.09. The van der Waals surface area contributed by atoms with Gasteiger partial charge in [0.05, 0.1) is 5.69 Å². The molecule has 0 unspecified atom stereocenters. The largest absolute Gasteiger partial charge is 0.343 e. The minimum Gasteiger partial charge on any atom is -0.307 e. The molecule has 0 fully saturated rings. The standard InChI is InChI=1S/C14H17N5OS/c1-3-6-19-13(20)16-17-14(19)21-9-11-8-18-7-10(2)4-5-12(18)15-11/h4-5,7-8H,3,6,9H2,1-2H3,(H,16,20). The first kappa shape index (κ1) is 13.9.